The van der Waals surface area contributed by atoms with Crippen LogP contribution in [0.1, 0.15) is 11.3 Å². The minimum absolute atomic E-state index is 0.145. The van der Waals surface area contributed by atoms with Crippen molar-refractivity contribution in [3.05, 3.63) is 59.8 Å². The van der Waals surface area contributed by atoms with E-state index in [1.807, 2.05) is 37.3 Å². The van der Waals surface area contributed by atoms with Crippen molar-refractivity contribution in [1.29, 1.82) is 0 Å². The minimum atomic E-state index is -2.83. The number of pyridine rings is 1. The van der Waals surface area contributed by atoms with Crippen LogP contribution < -0.4 is 14.8 Å². The first-order valence-corrected chi connectivity index (χ1v) is 7.78. The maximum atomic E-state index is 12.3. The Hall–Kier alpha value is -2.89. The second kappa shape index (κ2) is 7.34. The van der Waals surface area contributed by atoms with Crippen LogP contribution in [-0.2, 0) is 6.54 Å². The van der Waals surface area contributed by atoms with E-state index in [0.717, 1.165) is 33.6 Å². The first-order valence-electron chi connectivity index (χ1n) is 7.78. The fraction of sp³-hybridized carbons (Fsp3) is 0.211. The summed E-state index contributed by atoms with van der Waals surface area (Å²) in [7, 11) is 1.62. The van der Waals surface area contributed by atoms with Gasteiger partial charge in [0, 0.05) is 23.3 Å². The average Bonchev–Trinajstić information content (AvgIpc) is 2.59. The molecule has 6 heteroatoms. The van der Waals surface area contributed by atoms with E-state index in [0.29, 0.717) is 6.54 Å². The molecule has 25 heavy (non-hydrogen) atoms. The fourth-order valence-electron chi connectivity index (χ4n) is 2.64. The Bertz CT molecular complexity index is 884. The molecular weight excluding hydrogens is 326 g/mol. The lowest BCUT2D eigenvalue weighted by Crippen LogP contribution is -2.04. The number of hydrogen-bond donors (Lipinski definition) is 1. The number of rotatable bonds is 6. The van der Waals surface area contributed by atoms with Gasteiger partial charge < -0.3 is 14.8 Å². The predicted molar refractivity (Wildman–Crippen MR) is 93.4 cm³/mol. The number of anilines is 1. The van der Waals surface area contributed by atoms with Crippen LogP contribution in [0.5, 0.6) is 11.5 Å². The van der Waals surface area contributed by atoms with Crippen LogP contribution in [0, 0.1) is 6.92 Å². The highest BCUT2D eigenvalue weighted by atomic mass is 19.3. The summed E-state index contributed by atoms with van der Waals surface area (Å²) < 4.78 is 34.4. The van der Waals surface area contributed by atoms with Crippen LogP contribution in [0.25, 0.3) is 10.9 Å². The van der Waals surface area contributed by atoms with Crippen molar-refractivity contribution in [3.63, 3.8) is 0 Å². The highest BCUT2D eigenvalue weighted by molar-refractivity contribution is 5.92. The standard InChI is InChI=1S/C19H18F2N2O2/c1-12-8-18(16-10-14(24-2)6-7-17(16)23-12)22-11-13-4-3-5-15(9-13)25-19(20)21/h3-10,19H,11H2,1-2H3,(H,22,23). The molecule has 0 bridgehead atoms. The first kappa shape index (κ1) is 17.0. The monoisotopic (exact) mass is 344 g/mol. The Morgan fingerprint density at radius 2 is 1.92 bits per heavy atom. The van der Waals surface area contributed by atoms with E-state index in [1.165, 1.54) is 6.07 Å². The molecule has 0 spiro atoms. The number of nitrogens with one attached hydrogen (secondary N) is 1. The molecule has 2 aromatic carbocycles. The van der Waals surface area contributed by atoms with Gasteiger partial charge in [0.2, 0.25) is 0 Å². The highest BCUT2D eigenvalue weighted by Crippen LogP contribution is 2.28. The minimum Gasteiger partial charge on any atom is -0.497 e. The molecule has 0 radical (unpaired) electrons. The molecule has 0 atom stereocenters. The van der Waals surface area contributed by atoms with Gasteiger partial charge in [0.25, 0.3) is 0 Å². The maximum Gasteiger partial charge on any atom is 0.387 e. The zero-order chi connectivity index (χ0) is 17.8. The largest absolute Gasteiger partial charge is 0.497 e. The van der Waals surface area contributed by atoms with Gasteiger partial charge in [-0.15, -0.1) is 0 Å². The number of alkyl halides is 2. The number of ether oxygens (including phenoxy) is 2. The summed E-state index contributed by atoms with van der Waals surface area (Å²) in [6, 6.07) is 14.3. The van der Waals surface area contributed by atoms with Crippen molar-refractivity contribution in [2.45, 2.75) is 20.1 Å². The van der Waals surface area contributed by atoms with Gasteiger partial charge in [0.05, 0.1) is 12.6 Å². The smallest absolute Gasteiger partial charge is 0.387 e. The van der Waals surface area contributed by atoms with Gasteiger partial charge in [0.15, 0.2) is 0 Å². The SMILES string of the molecule is COc1ccc2nc(C)cc(NCc3cccc(OC(F)F)c3)c2c1. The van der Waals surface area contributed by atoms with Crippen molar-refractivity contribution in [3.8, 4) is 11.5 Å². The number of aromatic nitrogens is 1. The predicted octanol–water partition coefficient (Wildman–Crippen LogP) is 4.77. The quantitative estimate of drug-likeness (QED) is 0.700. The van der Waals surface area contributed by atoms with Gasteiger partial charge in [-0.05, 0) is 48.9 Å². The van der Waals surface area contributed by atoms with E-state index < -0.39 is 6.61 Å². The normalized spacial score (nSPS) is 10.9. The summed E-state index contributed by atoms with van der Waals surface area (Å²) >= 11 is 0. The number of fused-ring (bicyclic) bond motifs is 1. The molecule has 1 heterocycles. The summed E-state index contributed by atoms with van der Waals surface area (Å²) in [5, 5.41) is 4.27. The zero-order valence-corrected chi connectivity index (χ0v) is 13.9. The van der Waals surface area contributed by atoms with Gasteiger partial charge in [-0.25, -0.2) is 0 Å². The van der Waals surface area contributed by atoms with Crippen molar-refractivity contribution in [1.82, 2.24) is 4.98 Å². The highest BCUT2D eigenvalue weighted by Gasteiger charge is 2.07. The number of aryl methyl sites for hydroxylation is 1. The molecule has 4 nitrogen and oxygen atoms in total. The Labute approximate surface area is 144 Å². The van der Waals surface area contributed by atoms with Crippen LogP contribution in [0.15, 0.2) is 48.5 Å². The average molecular weight is 344 g/mol. The van der Waals surface area contributed by atoms with Gasteiger partial charge >= 0.3 is 6.61 Å². The van der Waals surface area contributed by atoms with E-state index in [9.17, 15) is 8.78 Å². The second-order valence-electron chi connectivity index (χ2n) is 5.57. The number of halogens is 2. The molecular formula is C19H18F2N2O2. The van der Waals surface area contributed by atoms with Gasteiger partial charge in [-0.3, -0.25) is 4.98 Å². The Morgan fingerprint density at radius 3 is 2.68 bits per heavy atom. The van der Waals surface area contributed by atoms with Gasteiger partial charge in [-0.2, -0.15) is 8.78 Å². The van der Waals surface area contributed by atoms with E-state index in [1.54, 1.807) is 19.2 Å². The zero-order valence-electron chi connectivity index (χ0n) is 13.9. The van der Waals surface area contributed by atoms with E-state index >= 15 is 0 Å². The molecule has 0 aliphatic carbocycles. The van der Waals surface area contributed by atoms with Crippen LogP contribution in [-0.4, -0.2) is 18.7 Å². The molecule has 0 saturated carbocycles. The van der Waals surface area contributed by atoms with Crippen LogP contribution >= 0.6 is 0 Å². The molecule has 0 amide bonds. The van der Waals surface area contributed by atoms with Crippen molar-refractivity contribution >= 4 is 16.6 Å². The van der Waals surface area contributed by atoms with Crippen LogP contribution in [0.4, 0.5) is 14.5 Å². The maximum absolute atomic E-state index is 12.3. The summed E-state index contributed by atoms with van der Waals surface area (Å²) in [5.41, 5.74) is 3.48. The molecule has 3 aromatic rings. The molecule has 0 aliphatic rings. The Kier molecular flexibility index (Phi) is 4.97. The number of methoxy groups -OCH3 is 1. The Balaban J connectivity index is 1.85. The summed E-state index contributed by atoms with van der Waals surface area (Å²) in [4.78, 5) is 4.51. The number of benzene rings is 2. The van der Waals surface area contributed by atoms with E-state index in [-0.39, 0.29) is 5.75 Å². The first-order chi connectivity index (χ1) is 12.0. The van der Waals surface area contributed by atoms with E-state index in [2.05, 4.69) is 15.0 Å². The third-order valence-electron chi connectivity index (χ3n) is 3.75. The number of hydrogen-bond acceptors (Lipinski definition) is 4. The molecule has 0 unspecified atom stereocenters. The topological polar surface area (TPSA) is 43.4 Å². The lowest BCUT2D eigenvalue weighted by molar-refractivity contribution is -0.0498. The Morgan fingerprint density at radius 1 is 1.08 bits per heavy atom. The summed E-state index contributed by atoms with van der Waals surface area (Å²) in [5.74, 6) is 0.889. The molecule has 3 rings (SSSR count). The molecule has 0 aliphatic heterocycles. The number of nitrogens with zero attached hydrogens (tertiary/aromatic N) is 1. The van der Waals surface area contributed by atoms with Crippen molar-refractivity contribution < 1.29 is 18.3 Å². The van der Waals surface area contributed by atoms with Crippen molar-refractivity contribution in [2.75, 3.05) is 12.4 Å². The molecule has 1 aromatic heterocycles. The van der Waals surface area contributed by atoms with Crippen LogP contribution in [0.2, 0.25) is 0 Å². The molecule has 0 saturated heterocycles. The lowest BCUT2D eigenvalue weighted by atomic mass is 10.1. The second-order valence-corrected chi connectivity index (χ2v) is 5.57. The van der Waals surface area contributed by atoms with Gasteiger partial charge in [-0.1, -0.05) is 12.1 Å². The molecule has 1 N–H and O–H groups in total. The van der Waals surface area contributed by atoms with Crippen molar-refractivity contribution in [2.24, 2.45) is 0 Å². The van der Waals surface area contributed by atoms with E-state index in [4.69, 9.17) is 4.74 Å². The third kappa shape index (κ3) is 4.15. The van der Waals surface area contributed by atoms with Gasteiger partial charge in [0.1, 0.15) is 11.5 Å². The molecule has 130 valence electrons. The third-order valence-corrected chi connectivity index (χ3v) is 3.75. The summed E-state index contributed by atoms with van der Waals surface area (Å²) in [6.45, 7) is -0.440. The fourth-order valence-corrected chi connectivity index (χ4v) is 2.64. The van der Waals surface area contributed by atoms with Crippen LogP contribution in [0.3, 0.4) is 0 Å². The lowest BCUT2D eigenvalue weighted by Gasteiger charge is -2.13. The molecule has 0 fully saturated rings. The summed E-state index contributed by atoms with van der Waals surface area (Å²) in [6.07, 6.45) is 0.